The number of hydrogen-bond donors (Lipinski definition) is 3. The molecule has 4 N–H and O–H groups in total. The van der Waals surface area contributed by atoms with Crippen LogP contribution in [0.2, 0.25) is 0 Å². The molecule has 0 spiro atoms. The summed E-state index contributed by atoms with van der Waals surface area (Å²) >= 11 is 1.53. The van der Waals surface area contributed by atoms with E-state index in [-0.39, 0.29) is 24.3 Å². The molecule has 2 aliphatic rings. The largest absolute Gasteiger partial charge is 0.337 e. The summed E-state index contributed by atoms with van der Waals surface area (Å²) in [7, 11) is 0. The highest BCUT2D eigenvalue weighted by atomic mass is 32.1. The van der Waals surface area contributed by atoms with E-state index in [9.17, 15) is 9.59 Å². The Bertz CT molecular complexity index is 1130. The molecule has 3 aromatic rings. The molecule has 8 nitrogen and oxygen atoms in total. The number of fused-ring (bicyclic) bond motifs is 3. The molecule has 30 heavy (non-hydrogen) atoms. The lowest BCUT2D eigenvalue weighted by Gasteiger charge is -2.16. The fraction of sp³-hybridized carbons (Fsp3) is 0.238. The average Bonchev–Trinajstić information content (AvgIpc) is 3.35. The van der Waals surface area contributed by atoms with Crippen molar-refractivity contribution in [2.75, 3.05) is 23.7 Å². The predicted molar refractivity (Wildman–Crippen MR) is 116 cm³/mol. The molecular formula is C21H20N6O2S. The van der Waals surface area contributed by atoms with E-state index in [1.165, 1.54) is 11.3 Å². The van der Waals surface area contributed by atoms with E-state index in [1.54, 1.807) is 23.2 Å². The second kappa shape index (κ2) is 7.51. The summed E-state index contributed by atoms with van der Waals surface area (Å²) in [5.74, 6) is 0.363. The Hall–Kier alpha value is -3.30. The van der Waals surface area contributed by atoms with Crippen LogP contribution in [0.3, 0.4) is 0 Å². The first kappa shape index (κ1) is 18.7. The second-order valence-corrected chi connectivity index (χ2v) is 8.37. The van der Waals surface area contributed by atoms with Gasteiger partial charge in [-0.2, -0.15) is 0 Å². The van der Waals surface area contributed by atoms with Crippen molar-refractivity contribution >= 4 is 40.5 Å². The van der Waals surface area contributed by atoms with E-state index in [4.69, 9.17) is 5.73 Å². The van der Waals surface area contributed by atoms with Crippen molar-refractivity contribution in [3.05, 3.63) is 53.0 Å². The molecule has 1 unspecified atom stereocenters. The SMILES string of the molecule is NC1CCN(C(=O)c2ccc(Nc3ncc4c(n3)-c3sccc3NC(=O)C4)cc2)C1. The number of nitrogens with two attached hydrogens (primary N) is 1. The molecule has 0 radical (unpaired) electrons. The van der Waals surface area contributed by atoms with Crippen molar-refractivity contribution in [1.29, 1.82) is 0 Å². The van der Waals surface area contributed by atoms with E-state index >= 15 is 0 Å². The summed E-state index contributed by atoms with van der Waals surface area (Å²) in [5.41, 5.74) is 9.64. The summed E-state index contributed by atoms with van der Waals surface area (Å²) in [6, 6.07) is 9.19. The summed E-state index contributed by atoms with van der Waals surface area (Å²) < 4.78 is 0. The Morgan fingerprint density at radius 3 is 2.87 bits per heavy atom. The smallest absolute Gasteiger partial charge is 0.253 e. The highest BCUT2D eigenvalue weighted by Crippen LogP contribution is 2.37. The maximum absolute atomic E-state index is 12.6. The normalized spacial score (nSPS) is 17.7. The van der Waals surface area contributed by atoms with Gasteiger partial charge in [-0.1, -0.05) is 0 Å². The number of hydrogen-bond acceptors (Lipinski definition) is 7. The number of carbonyl (C=O) groups is 2. The number of aromatic nitrogens is 2. The van der Waals surface area contributed by atoms with Crippen LogP contribution < -0.4 is 16.4 Å². The van der Waals surface area contributed by atoms with Crippen molar-refractivity contribution < 1.29 is 9.59 Å². The zero-order valence-electron chi connectivity index (χ0n) is 16.1. The third kappa shape index (κ3) is 3.53. The maximum Gasteiger partial charge on any atom is 0.253 e. The third-order valence-electron chi connectivity index (χ3n) is 5.27. The highest BCUT2D eigenvalue weighted by Gasteiger charge is 2.25. The molecule has 152 valence electrons. The monoisotopic (exact) mass is 420 g/mol. The number of carbonyl (C=O) groups excluding carboxylic acids is 2. The Morgan fingerprint density at radius 1 is 1.27 bits per heavy atom. The van der Waals surface area contributed by atoms with Crippen LogP contribution in [-0.4, -0.2) is 45.8 Å². The van der Waals surface area contributed by atoms with Crippen LogP contribution in [0, 0.1) is 0 Å². The first-order valence-electron chi connectivity index (χ1n) is 9.72. The van der Waals surface area contributed by atoms with Gasteiger partial charge in [0.05, 0.1) is 22.7 Å². The van der Waals surface area contributed by atoms with Gasteiger partial charge < -0.3 is 21.3 Å². The third-order valence-corrected chi connectivity index (χ3v) is 6.19. The standard InChI is InChI=1S/C21H20N6O2S/c22-14-5-7-27(11-14)20(29)12-1-3-15(4-2-12)24-21-23-10-13-9-17(28)25-16-6-8-30-19(16)18(13)26-21/h1-4,6,8,10,14H,5,7,9,11,22H2,(H,25,28)(H,23,24,26). The van der Waals surface area contributed by atoms with Gasteiger partial charge in [-0.25, -0.2) is 9.97 Å². The van der Waals surface area contributed by atoms with Gasteiger partial charge in [-0.3, -0.25) is 9.59 Å². The number of rotatable bonds is 3. The van der Waals surface area contributed by atoms with Gasteiger partial charge in [0.2, 0.25) is 11.9 Å². The minimum Gasteiger partial charge on any atom is -0.337 e. The van der Waals surface area contributed by atoms with Crippen LogP contribution in [0.15, 0.2) is 41.9 Å². The highest BCUT2D eigenvalue weighted by molar-refractivity contribution is 7.14. The Labute approximate surface area is 177 Å². The summed E-state index contributed by atoms with van der Waals surface area (Å²) in [6.07, 6.45) is 2.77. The van der Waals surface area contributed by atoms with Gasteiger partial charge in [0.25, 0.3) is 5.91 Å². The van der Waals surface area contributed by atoms with Crippen LogP contribution in [0.1, 0.15) is 22.3 Å². The van der Waals surface area contributed by atoms with Crippen molar-refractivity contribution in [3.63, 3.8) is 0 Å². The summed E-state index contributed by atoms with van der Waals surface area (Å²) in [6.45, 7) is 1.30. The second-order valence-electron chi connectivity index (χ2n) is 7.46. The maximum atomic E-state index is 12.6. The van der Waals surface area contributed by atoms with Crippen molar-refractivity contribution in [2.45, 2.75) is 18.9 Å². The van der Waals surface area contributed by atoms with Gasteiger partial charge in [0, 0.05) is 42.1 Å². The average molecular weight is 420 g/mol. The summed E-state index contributed by atoms with van der Waals surface area (Å²) in [5, 5.41) is 8.01. The van der Waals surface area contributed by atoms with Gasteiger partial charge in [0.15, 0.2) is 0 Å². The molecule has 2 aromatic heterocycles. The van der Waals surface area contributed by atoms with Crippen molar-refractivity contribution in [2.24, 2.45) is 5.73 Å². The van der Waals surface area contributed by atoms with E-state index in [0.717, 1.165) is 33.9 Å². The molecule has 2 aliphatic heterocycles. The lowest BCUT2D eigenvalue weighted by atomic mass is 10.1. The Kier molecular flexibility index (Phi) is 4.68. The predicted octanol–water partition coefficient (Wildman–Crippen LogP) is 2.62. The molecular weight excluding hydrogens is 400 g/mol. The van der Waals surface area contributed by atoms with Gasteiger partial charge >= 0.3 is 0 Å². The molecule has 4 heterocycles. The zero-order chi connectivity index (χ0) is 20.7. The molecule has 0 saturated carbocycles. The molecule has 0 bridgehead atoms. The topological polar surface area (TPSA) is 113 Å². The number of thiophene rings is 1. The van der Waals surface area contributed by atoms with Crippen LogP contribution in [0.5, 0.6) is 0 Å². The van der Waals surface area contributed by atoms with E-state index in [1.807, 2.05) is 23.6 Å². The van der Waals surface area contributed by atoms with Crippen molar-refractivity contribution in [1.82, 2.24) is 14.9 Å². The molecule has 2 amide bonds. The first-order chi connectivity index (χ1) is 14.6. The van der Waals surface area contributed by atoms with E-state index in [2.05, 4.69) is 20.6 Å². The minimum absolute atomic E-state index is 0.00169. The molecule has 1 fully saturated rings. The zero-order valence-corrected chi connectivity index (χ0v) is 16.9. The molecule has 1 atom stereocenters. The van der Waals surface area contributed by atoms with Crippen LogP contribution in [-0.2, 0) is 11.2 Å². The minimum atomic E-state index is -0.0723. The molecule has 5 rings (SSSR count). The number of likely N-dealkylation sites (tertiary alicyclic amines) is 1. The number of anilines is 3. The lowest BCUT2D eigenvalue weighted by Crippen LogP contribution is -2.31. The molecule has 0 aliphatic carbocycles. The van der Waals surface area contributed by atoms with Gasteiger partial charge in [-0.15, -0.1) is 11.3 Å². The Morgan fingerprint density at radius 2 is 2.10 bits per heavy atom. The molecule has 1 saturated heterocycles. The fourth-order valence-corrected chi connectivity index (χ4v) is 4.61. The number of nitrogens with one attached hydrogen (secondary N) is 2. The quantitative estimate of drug-likeness (QED) is 0.600. The number of nitrogens with zero attached hydrogens (tertiary/aromatic N) is 3. The van der Waals surface area contributed by atoms with E-state index in [0.29, 0.717) is 24.6 Å². The molecule has 1 aromatic carbocycles. The van der Waals surface area contributed by atoms with Gasteiger partial charge in [0.1, 0.15) is 0 Å². The molecule has 9 heteroatoms. The first-order valence-corrected chi connectivity index (χ1v) is 10.6. The van der Waals surface area contributed by atoms with Crippen LogP contribution >= 0.6 is 11.3 Å². The lowest BCUT2D eigenvalue weighted by molar-refractivity contribution is -0.115. The van der Waals surface area contributed by atoms with Gasteiger partial charge in [-0.05, 0) is 42.1 Å². The van der Waals surface area contributed by atoms with E-state index < -0.39 is 0 Å². The van der Waals surface area contributed by atoms with Crippen LogP contribution in [0.4, 0.5) is 17.3 Å². The van der Waals surface area contributed by atoms with Crippen molar-refractivity contribution in [3.8, 4) is 10.6 Å². The number of amides is 2. The number of benzene rings is 1. The fourth-order valence-electron chi connectivity index (χ4n) is 3.73. The van der Waals surface area contributed by atoms with Crippen LogP contribution in [0.25, 0.3) is 10.6 Å². The summed E-state index contributed by atoms with van der Waals surface area (Å²) in [4.78, 5) is 36.4. The Balaban J connectivity index is 1.36.